The Hall–Kier alpha value is -1.26. The Kier molecular flexibility index (Phi) is 4.66. The summed E-state index contributed by atoms with van der Waals surface area (Å²) in [6.45, 7) is 0. The summed E-state index contributed by atoms with van der Waals surface area (Å²) >= 11 is 7.38. The Labute approximate surface area is 133 Å². The summed E-state index contributed by atoms with van der Waals surface area (Å²) < 4.78 is 0. The molecule has 3 nitrogen and oxygen atoms in total. The standard InChI is InChI=1S/C16H17ClN2OS/c17-12-6-4-5-11(9-12)10-14-15(20)19-16(21-14)18-13-7-2-1-3-8-13/h4-6,9-10,13H,1-3,7-8H2,(H,18,19,20). The number of amides is 1. The number of carbonyl (C=O) groups excluding carboxylic acids is 1. The second-order valence-electron chi connectivity index (χ2n) is 5.35. The van der Waals surface area contributed by atoms with Crippen molar-refractivity contribution in [1.82, 2.24) is 5.32 Å². The van der Waals surface area contributed by atoms with Crippen LogP contribution in [0.1, 0.15) is 37.7 Å². The van der Waals surface area contributed by atoms with E-state index < -0.39 is 0 Å². The fourth-order valence-corrected chi connectivity index (χ4v) is 3.70. The summed E-state index contributed by atoms with van der Waals surface area (Å²) in [5, 5.41) is 4.27. The molecular weight excluding hydrogens is 304 g/mol. The zero-order valence-corrected chi connectivity index (χ0v) is 13.2. The maximum Gasteiger partial charge on any atom is 0.264 e. The van der Waals surface area contributed by atoms with E-state index in [0.717, 1.165) is 23.6 Å². The van der Waals surface area contributed by atoms with Crippen LogP contribution in [0.2, 0.25) is 5.02 Å². The number of nitrogens with one attached hydrogen (secondary N) is 1. The maximum atomic E-state index is 12.0. The van der Waals surface area contributed by atoms with E-state index in [4.69, 9.17) is 11.6 Å². The van der Waals surface area contributed by atoms with Gasteiger partial charge in [0.05, 0.1) is 10.9 Å². The summed E-state index contributed by atoms with van der Waals surface area (Å²) in [4.78, 5) is 17.4. The summed E-state index contributed by atoms with van der Waals surface area (Å²) in [6.07, 6.45) is 7.91. The molecule has 5 heteroatoms. The number of benzene rings is 1. The highest BCUT2D eigenvalue weighted by Gasteiger charge is 2.25. The molecule has 21 heavy (non-hydrogen) atoms. The van der Waals surface area contributed by atoms with Crippen LogP contribution in [-0.2, 0) is 4.79 Å². The van der Waals surface area contributed by atoms with Gasteiger partial charge in [-0.3, -0.25) is 9.79 Å². The summed E-state index contributed by atoms with van der Waals surface area (Å²) in [7, 11) is 0. The van der Waals surface area contributed by atoms with Crippen molar-refractivity contribution in [3.05, 3.63) is 39.8 Å². The number of carbonyl (C=O) groups is 1. The van der Waals surface area contributed by atoms with Crippen molar-refractivity contribution in [1.29, 1.82) is 0 Å². The molecule has 0 atom stereocenters. The van der Waals surface area contributed by atoms with Crippen LogP contribution >= 0.6 is 23.4 Å². The van der Waals surface area contributed by atoms with Crippen LogP contribution in [-0.4, -0.2) is 17.1 Å². The predicted octanol–water partition coefficient (Wildman–Crippen LogP) is 4.23. The number of hydrogen-bond acceptors (Lipinski definition) is 3. The van der Waals surface area contributed by atoms with Crippen molar-refractivity contribution in [2.24, 2.45) is 4.99 Å². The van der Waals surface area contributed by atoms with E-state index in [0.29, 0.717) is 16.0 Å². The molecule has 1 aromatic carbocycles. The second-order valence-corrected chi connectivity index (χ2v) is 6.81. The molecule has 1 aromatic rings. The largest absolute Gasteiger partial charge is 0.301 e. The lowest BCUT2D eigenvalue weighted by Gasteiger charge is -2.17. The molecule has 1 N–H and O–H groups in total. The molecular formula is C16H17ClN2OS. The van der Waals surface area contributed by atoms with Gasteiger partial charge in [-0.15, -0.1) is 0 Å². The third-order valence-electron chi connectivity index (χ3n) is 3.67. The first kappa shape index (κ1) is 14.7. The third-order valence-corrected chi connectivity index (χ3v) is 4.83. The van der Waals surface area contributed by atoms with Gasteiger partial charge in [0.2, 0.25) is 0 Å². The first-order valence-electron chi connectivity index (χ1n) is 7.25. The molecule has 1 saturated heterocycles. The fraction of sp³-hybridized carbons (Fsp3) is 0.375. The highest BCUT2D eigenvalue weighted by atomic mass is 35.5. The molecule has 0 bridgehead atoms. The van der Waals surface area contributed by atoms with Crippen LogP contribution in [0.25, 0.3) is 6.08 Å². The molecule has 1 saturated carbocycles. The van der Waals surface area contributed by atoms with Gasteiger partial charge in [0.25, 0.3) is 5.91 Å². The summed E-state index contributed by atoms with van der Waals surface area (Å²) in [6, 6.07) is 7.85. The van der Waals surface area contributed by atoms with E-state index in [1.54, 1.807) is 0 Å². The van der Waals surface area contributed by atoms with Crippen LogP contribution in [0, 0.1) is 0 Å². The van der Waals surface area contributed by atoms with Gasteiger partial charge in [-0.05, 0) is 48.4 Å². The lowest BCUT2D eigenvalue weighted by atomic mass is 9.96. The number of aliphatic imine (C=N–C) groups is 1. The van der Waals surface area contributed by atoms with Crippen LogP contribution in [0.5, 0.6) is 0 Å². The zero-order chi connectivity index (χ0) is 14.7. The van der Waals surface area contributed by atoms with E-state index in [1.165, 1.54) is 31.0 Å². The first-order valence-corrected chi connectivity index (χ1v) is 8.44. The van der Waals surface area contributed by atoms with E-state index in [9.17, 15) is 4.79 Å². The van der Waals surface area contributed by atoms with Crippen molar-refractivity contribution in [3.8, 4) is 0 Å². The van der Waals surface area contributed by atoms with Crippen molar-refractivity contribution in [2.45, 2.75) is 38.1 Å². The topological polar surface area (TPSA) is 41.5 Å². The smallest absolute Gasteiger partial charge is 0.264 e. The van der Waals surface area contributed by atoms with E-state index in [2.05, 4.69) is 10.3 Å². The highest BCUT2D eigenvalue weighted by molar-refractivity contribution is 8.18. The molecule has 0 aromatic heterocycles. The number of rotatable bonds is 2. The van der Waals surface area contributed by atoms with Gasteiger partial charge in [-0.25, -0.2) is 0 Å². The predicted molar refractivity (Wildman–Crippen MR) is 89.5 cm³/mol. The van der Waals surface area contributed by atoms with Gasteiger partial charge in [-0.1, -0.05) is 43.0 Å². The molecule has 1 aliphatic heterocycles. The van der Waals surface area contributed by atoms with Crippen LogP contribution in [0.4, 0.5) is 0 Å². The Morgan fingerprint density at radius 2 is 2.10 bits per heavy atom. The molecule has 2 aliphatic rings. The molecule has 1 aliphatic carbocycles. The average molecular weight is 321 g/mol. The lowest BCUT2D eigenvalue weighted by Crippen LogP contribution is -2.22. The maximum absolute atomic E-state index is 12.0. The molecule has 110 valence electrons. The molecule has 0 radical (unpaired) electrons. The fourth-order valence-electron chi connectivity index (χ4n) is 2.61. The monoisotopic (exact) mass is 320 g/mol. The van der Waals surface area contributed by atoms with Crippen molar-refractivity contribution in [3.63, 3.8) is 0 Å². The number of nitrogens with zero attached hydrogens (tertiary/aromatic N) is 1. The SMILES string of the molecule is O=C1NC(=NC2CCCCC2)SC1=Cc1cccc(Cl)c1. The molecule has 3 rings (SSSR count). The average Bonchev–Trinajstić information content (AvgIpc) is 2.80. The van der Waals surface area contributed by atoms with Crippen LogP contribution < -0.4 is 5.32 Å². The summed E-state index contributed by atoms with van der Waals surface area (Å²) in [5.41, 5.74) is 0.930. The van der Waals surface area contributed by atoms with Crippen LogP contribution in [0.3, 0.4) is 0 Å². The molecule has 0 spiro atoms. The van der Waals surface area contributed by atoms with Crippen molar-refractivity contribution in [2.75, 3.05) is 0 Å². The summed E-state index contributed by atoms with van der Waals surface area (Å²) in [5.74, 6) is -0.0745. The first-order chi connectivity index (χ1) is 10.2. The van der Waals surface area contributed by atoms with Gasteiger partial charge in [-0.2, -0.15) is 0 Å². The number of amidine groups is 1. The minimum absolute atomic E-state index is 0.0745. The van der Waals surface area contributed by atoms with E-state index in [-0.39, 0.29) is 5.91 Å². The van der Waals surface area contributed by atoms with Gasteiger partial charge >= 0.3 is 0 Å². The third kappa shape index (κ3) is 3.89. The van der Waals surface area contributed by atoms with E-state index in [1.807, 2.05) is 30.3 Å². The Balaban J connectivity index is 1.73. The Bertz CT molecular complexity index is 606. The number of hydrogen-bond donors (Lipinski definition) is 1. The van der Waals surface area contributed by atoms with Gasteiger partial charge in [0, 0.05) is 5.02 Å². The minimum atomic E-state index is -0.0745. The van der Waals surface area contributed by atoms with E-state index >= 15 is 0 Å². The Morgan fingerprint density at radius 1 is 1.29 bits per heavy atom. The molecule has 1 heterocycles. The van der Waals surface area contributed by atoms with Crippen molar-refractivity contribution < 1.29 is 4.79 Å². The number of halogens is 1. The van der Waals surface area contributed by atoms with Gasteiger partial charge in [0.1, 0.15) is 0 Å². The Morgan fingerprint density at radius 3 is 2.86 bits per heavy atom. The molecule has 0 unspecified atom stereocenters. The molecule has 2 fully saturated rings. The van der Waals surface area contributed by atoms with Gasteiger partial charge in [0.15, 0.2) is 5.17 Å². The lowest BCUT2D eigenvalue weighted by molar-refractivity contribution is -0.115. The highest BCUT2D eigenvalue weighted by Crippen LogP contribution is 2.29. The minimum Gasteiger partial charge on any atom is -0.301 e. The second kappa shape index (κ2) is 6.67. The van der Waals surface area contributed by atoms with Crippen molar-refractivity contribution >= 4 is 40.5 Å². The quantitative estimate of drug-likeness (QED) is 0.828. The van der Waals surface area contributed by atoms with Gasteiger partial charge < -0.3 is 5.32 Å². The molecule has 1 amide bonds. The normalized spacial score (nSPS) is 23.8. The number of thioether (sulfide) groups is 1. The zero-order valence-electron chi connectivity index (χ0n) is 11.6. The van der Waals surface area contributed by atoms with Crippen LogP contribution in [0.15, 0.2) is 34.2 Å².